The number of nitrogens with one attached hydrogen (secondary N) is 1. The fraction of sp³-hybridized carbons (Fsp3) is 0.643. The van der Waals surface area contributed by atoms with Crippen LogP contribution in [0, 0.1) is 6.92 Å². The number of alkyl halides is 1. The van der Waals surface area contributed by atoms with Crippen molar-refractivity contribution in [1.82, 2.24) is 15.1 Å². The molecule has 1 spiro atoms. The van der Waals surface area contributed by atoms with Crippen LogP contribution in [0.2, 0.25) is 0 Å². The first-order chi connectivity index (χ1) is 18.5. The van der Waals surface area contributed by atoms with Gasteiger partial charge in [0.2, 0.25) is 5.91 Å². The van der Waals surface area contributed by atoms with Gasteiger partial charge in [0, 0.05) is 57.0 Å². The minimum absolute atomic E-state index is 0.0877. The normalized spacial score (nSPS) is 20.3. The largest absolute Gasteiger partial charge is 0.475 e. The third kappa shape index (κ3) is 6.10. The van der Waals surface area contributed by atoms with Crippen LogP contribution in [-0.4, -0.2) is 83.0 Å². The number of fused-ring (bicyclic) bond motifs is 1. The Morgan fingerprint density at radius 1 is 1.26 bits per heavy atom. The Morgan fingerprint density at radius 3 is 2.59 bits per heavy atom. The van der Waals surface area contributed by atoms with Crippen molar-refractivity contribution in [2.75, 3.05) is 31.1 Å². The zero-order valence-electron chi connectivity index (χ0n) is 23.4. The van der Waals surface area contributed by atoms with Gasteiger partial charge in [-0.15, -0.1) is 0 Å². The van der Waals surface area contributed by atoms with Crippen LogP contribution in [0.4, 0.5) is 10.5 Å². The van der Waals surface area contributed by atoms with Gasteiger partial charge in [0.15, 0.2) is 11.2 Å². The predicted molar refractivity (Wildman–Crippen MR) is 147 cm³/mol. The van der Waals surface area contributed by atoms with Crippen molar-refractivity contribution < 1.29 is 28.7 Å². The zero-order chi connectivity index (χ0) is 28.5. The number of piperidine rings is 1. The first-order valence-corrected chi connectivity index (χ1v) is 14.3. The lowest BCUT2D eigenvalue weighted by Gasteiger charge is -2.41. The molecule has 1 aliphatic carbocycles. The second-order valence-corrected chi connectivity index (χ2v) is 11.5. The van der Waals surface area contributed by atoms with Gasteiger partial charge in [0.05, 0.1) is 11.7 Å². The van der Waals surface area contributed by atoms with Crippen molar-refractivity contribution in [3.05, 3.63) is 23.3 Å². The molecule has 1 unspecified atom stereocenters. The highest BCUT2D eigenvalue weighted by molar-refractivity contribution is 6.19. The maximum Gasteiger partial charge on any atom is 0.411 e. The molecular formula is C28H39ClN4O6. The minimum atomic E-state index is -0.843. The second kappa shape index (κ2) is 11.6. The van der Waals surface area contributed by atoms with Crippen LogP contribution in [-0.2, 0) is 14.3 Å². The first kappa shape index (κ1) is 29.0. The number of hydrogen-bond acceptors (Lipinski definition) is 6. The topological polar surface area (TPSA) is 108 Å². The summed E-state index contributed by atoms with van der Waals surface area (Å²) in [6.07, 6.45) is 2.65. The number of benzene rings is 1. The monoisotopic (exact) mass is 562 g/mol. The van der Waals surface area contributed by atoms with E-state index in [1.165, 1.54) is 0 Å². The molecule has 2 heterocycles. The van der Waals surface area contributed by atoms with E-state index < -0.39 is 17.3 Å². The van der Waals surface area contributed by atoms with Crippen LogP contribution in [0.15, 0.2) is 12.1 Å². The van der Waals surface area contributed by atoms with E-state index in [0.29, 0.717) is 55.9 Å². The zero-order valence-corrected chi connectivity index (χ0v) is 24.2. The highest BCUT2D eigenvalue weighted by Crippen LogP contribution is 2.50. The van der Waals surface area contributed by atoms with E-state index in [4.69, 9.17) is 21.1 Å². The van der Waals surface area contributed by atoms with Crippen molar-refractivity contribution >= 4 is 41.1 Å². The lowest BCUT2D eigenvalue weighted by atomic mass is 9.98. The number of amides is 4. The quantitative estimate of drug-likeness (QED) is 0.483. The number of ether oxygens (including phenoxy) is 2. The molecule has 39 heavy (non-hydrogen) atoms. The molecule has 3 aliphatic rings. The molecule has 1 aromatic rings. The molecule has 1 aromatic carbocycles. The van der Waals surface area contributed by atoms with Gasteiger partial charge in [-0.25, -0.2) is 4.79 Å². The van der Waals surface area contributed by atoms with Crippen LogP contribution >= 0.6 is 11.6 Å². The molecule has 0 bridgehead atoms. The van der Waals surface area contributed by atoms with Gasteiger partial charge in [-0.1, -0.05) is 18.5 Å². The molecule has 10 nitrogen and oxygen atoms in total. The number of nitrogens with zero attached hydrogens (tertiary/aromatic N) is 3. The predicted octanol–water partition coefficient (Wildman–Crippen LogP) is 3.82. The summed E-state index contributed by atoms with van der Waals surface area (Å²) in [6, 6.07) is 3.24. The number of rotatable bonds is 8. The van der Waals surface area contributed by atoms with E-state index in [-0.39, 0.29) is 36.3 Å². The molecule has 4 rings (SSSR count). The standard InChI is InChI=1S/C28H39ClN4O6/c1-6-24(34)30-11-13-32-22-15-21(18(4)14-23(22)39-28(9-10-28)26(32)36)25(35)33(17(2)3)20-8-7-12-31(16-20)27(37)38-19(5)29/h14-15,17,19-20H,6-13,16H2,1-5H3,(H,30,34)/t19?,20-/m1/s1. The molecule has 0 radical (unpaired) electrons. The number of hydrogen-bond donors (Lipinski definition) is 1. The molecule has 4 amide bonds. The van der Waals surface area contributed by atoms with Crippen LogP contribution < -0.4 is 15.0 Å². The maximum absolute atomic E-state index is 14.1. The summed E-state index contributed by atoms with van der Waals surface area (Å²) in [7, 11) is 0. The molecule has 0 aromatic heterocycles. The number of aryl methyl sites for hydroxylation is 1. The van der Waals surface area contributed by atoms with Crippen LogP contribution in [0.5, 0.6) is 5.75 Å². The molecule has 1 saturated carbocycles. The summed E-state index contributed by atoms with van der Waals surface area (Å²) in [6.45, 7) is 10.6. The van der Waals surface area contributed by atoms with Gasteiger partial charge >= 0.3 is 6.09 Å². The Balaban J connectivity index is 1.61. The van der Waals surface area contributed by atoms with Crippen molar-refractivity contribution in [2.45, 2.75) is 90.0 Å². The van der Waals surface area contributed by atoms with Crippen LogP contribution in [0.1, 0.15) is 75.7 Å². The fourth-order valence-corrected chi connectivity index (χ4v) is 5.48. The molecular weight excluding hydrogens is 524 g/mol. The average molecular weight is 563 g/mol. The number of likely N-dealkylation sites (tertiary alicyclic amines) is 1. The lowest BCUT2D eigenvalue weighted by Crippen LogP contribution is -2.54. The van der Waals surface area contributed by atoms with E-state index in [9.17, 15) is 19.2 Å². The number of carbonyl (C=O) groups excluding carboxylic acids is 4. The van der Waals surface area contributed by atoms with Gasteiger partial charge in [0.25, 0.3) is 11.8 Å². The molecule has 2 fully saturated rings. The van der Waals surface area contributed by atoms with Gasteiger partial charge < -0.3 is 29.5 Å². The van der Waals surface area contributed by atoms with Gasteiger partial charge in [0.1, 0.15) is 5.75 Å². The lowest BCUT2D eigenvalue weighted by molar-refractivity contribution is -0.128. The summed E-state index contributed by atoms with van der Waals surface area (Å²) in [5.41, 5.74) is 0.173. The van der Waals surface area contributed by atoms with Crippen molar-refractivity contribution in [1.29, 1.82) is 0 Å². The molecule has 1 saturated heterocycles. The molecule has 2 atom stereocenters. The van der Waals surface area contributed by atoms with Gasteiger partial charge in [-0.3, -0.25) is 14.4 Å². The third-order valence-electron chi connectivity index (χ3n) is 7.55. The summed E-state index contributed by atoms with van der Waals surface area (Å²) in [5, 5.41) is 2.83. The Bertz CT molecular complexity index is 1140. The van der Waals surface area contributed by atoms with E-state index in [1.807, 2.05) is 31.7 Å². The highest BCUT2D eigenvalue weighted by Gasteiger charge is 2.58. The van der Waals surface area contributed by atoms with Crippen molar-refractivity contribution in [3.8, 4) is 5.75 Å². The van der Waals surface area contributed by atoms with E-state index in [2.05, 4.69) is 5.32 Å². The third-order valence-corrected chi connectivity index (χ3v) is 7.64. The Hall–Kier alpha value is -3.01. The van der Waals surface area contributed by atoms with Crippen LogP contribution in [0.3, 0.4) is 0 Å². The molecule has 1 N–H and O–H groups in total. The number of halogens is 1. The first-order valence-electron chi connectivity index (χ1n) is 13.8. The maximum atomic E-state index is 14.1. The minimum Gasteiger partial charge on any atom is -0.475 e. The molecule has 214 valence electrons. The van der Waals surface area contributed by atoms with Crippen molar-refractivity contribution in [3.63, 3.8) is 0 Å². The number of carbonyl (C=O) groups is 4. The molecule has 11 heteroatoms. The smallest absolute Gasteiger partial charge is 0.411 e. The van der Waals surface area contributed by atoms with Gasteiger partial charge in [-0.2, -0.15) is 0 Å². The summed E-state index contributed by atoms with van der Waals surface area (Å²) in [5.74, 6) is 0.171. The second-order valence-electron chi connectivity index (χ2n) is 10.9. The summed E-state index contributed by atoms with van der Waals surface area (Å²) in [4.78, 5) is 56.8. The SMILES string of the molecule is CCC(=O)NCCN1C(=O)C2(CC2)Oc2cc(C)c(C(=O)N(C(C)C)[C@@H]3CCCN(C(=O)OC(C)Cl)C3)cc21. The average Bonchev–Trinajstić information content (AvgIpc) is 3.65. The van der Waals surface area contributed by atoms with E-state index in [0.717, 1.165) is 18.4 Å². The Labute approximate surface area is 234 Å². The number of anilines is 1. The molecule has 2 aliphatic heterocycles. The van der Waals surface area contributed by atoms with Crippen molar-refractivity contribution in [2.24, 2.45) is 0 Å². The Morgan fingerprint density at radius 2 is 1.97 bits per heavy atom. The van der Waals surface area contributed by atoms with Crippen LogP contribution in [0.25, 0.3) is 0 Å². The highest BCUT2D eigenvalue weighted by atomic mass is 35.5. The van der Waals surface area contributed by atoms with E-state index >= 15 is 0 Å². The van der Waals surface area contributed by atoms with Gasteiger partial charge in [-0.05, 0) is 58.2 Å². The summed E-state index contributed by atoms with van der Waals surface area (Å²) >= 11 is 5.85. The fourth-order valence-electron chi connectivity index (χ4n) is 5.41. The summed E-state index contributed by atoms with van der Waals surface area (Å²) < 4.78 is 11.3. The van der Waals surface area contributed by atoms with E-state index in [1.54, 1.807) is 29.7 Å². The Kier molecular flexibility index (Phi) is 8.63.